The molecule has 0 aliphatic heterocycles. The molecule has 1 aliphatic rings. The zero-order chi connectivity index (χ0) is 13.1. The summed E-state index contributed by atoms with van der Waals surface area (Å²) in [6.45, 7) is 0.579. The second-order valence-electron chi connectivity index (χ2n) is 4.58. The molecule has 0 amide bonds. The van der Waals surface area contributed by atoms with Gasteiger partial charge in [0.2, 0.25) is 0 Å². The van der Waals surface area contributed by atoms with Crippen molar-refractivity contribution in [3.8, 4) is 0 Å². The molecule has 0 atom stereocenters. The summed E-state index contributed by atoms with van der Waals surface area (Å²) in [6.07, 6.45) is 14.1. The third kappa shape index (κ3) is 6.92. The molecule has 0 bridgehead atoms. The van der Waals surface area contributed by atoms with Crippen LogP contribution in [0.1, 0.15) is 51.4 Å². The van der Waals surface area contributed by atoms with Gasteiger partial charge in [-0.15, -0.1) is 0 Å². The fourth-order valence-electron chi connectivity index (χ4n) is 2.07. The van der Waals surface area contributed by atoms with Crippen molar-refractivity contribution in [1.82, 2.24) is 0 Å². The minimum Gasteiger partial charge on any atom is -0.295 e. The van der Waals surface area contributed by atoms with Crippen molar-refractivity contribution in [1.29, 1.82) is 0 Å². The predicted molar refractivity (Wildman–Crippen MR) is 73.2 cm³/mol. The number of rotatable bonds is 8. The zero-order valence-electron chi connectivity index (χ0n) is 10.8. The highest BCUT2D eigenvalue weighted by molar-refractivity contribution is 5.91. The maximum Gasteiger partial charge on any atom is 0.155 e. The second kappa shape index (κ2) is 9.49. The molecule has 0 aromatic rings. The van der Waals surface area contributed by atoms with Gasteiger partial charge in [-0.3, -0.25) is 4.79 Å². The number of allylic oxidation sites excluding steroid dienone is 4. The SMILES string of the molecule is [N-]=[N+]=NCCC/C=C\CCCC1=CC(=O)CCC1. The summed E-state index contributed by atoms with van der Waals surface area (Å²) in [5.41, 5.74) is 9.41. The van der Waals surface area contributed by atoms with Crippen molar-refractivity contribution < 1.29 is 4.79 Å². The molecule has 0 spiro atoms. The highest BCUT2D eigenvalue weighted by Crippen LogP contribution is 2.20. The van der Waals surface area contributed by atoms with Gasteiger partial charge in [-0.2, -0.15) is 0 Å². The van der Waals surface area contributed by atoms with Gasteiger partial charge in [-0.25, -0.2) is 0 Å². The van der Waals surface area contributed by atoms with Gasteiger partial charge in [0.05, 0.1) is 0 Å². The van der Waals surface area contributed by atoms with Crippen LogP contribution in [0.2, 0.25) is 0 Å². The van der Waals surface area contributed by atoms with Crippen molar-refractivity contribution in [3.63, 3.8) is 0 Å². The second-order valence-corrected chi connectivity index (χ2v) is 4.58. The first-order valence-corrected chi connectivity index (χ1v) is 6.71. The maximum atomic E-state index is 11.2. The minimum atomic E-state index is 0.296. The van der Waals surface area contributed by atoms with Crippen LogP contribution in [-0.4, -0.2) is 12.3 Å². The fraction of sp³-hybridized carbons (Fsp3) is 0.643. The number of carbonyl (C=O) groups is 1. The third-order valence-electron chi connectivity index (χ3n) is 3.01. The van der Waals surface area contributed by atoms with E-state index in [0.29, 0.717) is 12.3 Å². The normalized spacial score (nSPS) is 15.6. The molecule has 1 aliphatic carbocycles. The summed E-state index contributed by atoms with van der Waals surface area (Å²) in [5.74, 6) is 0.296. The number of azide groups is 1. The van der Waals surface area contributed by atoms with Crippen LogP contribution in [0.5, 0.6) is 0 Å². The molecule has 98 valence electrons. The van der Waals surface area contributed by atoms with Crippen molar-refractivity contribution in [2.45, 2.75) is 51.4 Å². The van der Waals surface area contributed by atoms with Crippen LogP contribution in [0.4, 0.5) is 0 Å². The standard InChI is InChI=1S/C14H21N3O/c15-17-16-11-6-4-2-1-3-5-8-13-9-7-10-14(18)12-13/h1-2,12H,3-11H2/b2-1-. The van der Waals surface area contributed by atoms with Gasteiger partial charge in [0.25, 0.3) is 0 Å². The molecule has 0 N–H and O–H groups in total. The molecule has 0 saturated carbocycles. The molecule has 0 unspecified atom stereocenters. The van der Waals surface area contributed by atoms with E-state index in [2.05, 4.69) is 22.2 Å². The lowest BCUT2D eigenvalue weighted by Gasteiger charge is -2.10. The third-order valence-corrected chi connectivity index (χ3v) is 3.01. The first-order chi connectivity index (χ1) is 8.83. The van der Waals surface area contributed by atoms with Crippen LogP contribution >= 0.6 is 0 Å². The topological polar surface area (TPSA) is 65.8 Å². The molecule has 1 rings (SSSR count). The molecular formula is C14H21N3O. The Hall–Kier alpha value is -1.54. The van der Waals surface area contributed by atoms with Crippen LogP contribution in [0, 0.1) is 0 Å². The van der Waals surface area contributed by atoms with Gasteiger partial charge >= 0.3 is 0 Å². The van der Waals surface area contributed by atoms with Crippen molar-refractivity contribution >= 4 is 5.78 Å². The molecule has 4 nitrogen and oxygen atoms in total. The maximum absolute atomic E-state index is 11.2. The summed E-state index contributed by atoms with van der Waals surface area (Å²) in [5, 5.41) is 3.48. The lowest BCUT2D eigenvalue weighted by molar-refractivity contribution is -0.115. The highest BCUT2D eigenvalue weighted by atomic mass is 16.1. The van der Waals surface area contributed by atoms with Gasteiger partial charge < -0.3 is 0 Å². The van der Waals surface area contributed by atoms with Gasteiger partial charge in [0.1, 0.15) is 0 Å². The predicted octanol–water partition coefficient (Wildman–Crippen LogP) is 4.48. The highest BCUT2D eigenvalue weighted by Gasteiger charge is 2.08. The molecular weight excluding hydrogens is 226 g/mol. The summed E-state index contributed by atoms with van der Waals surface area (Å²) in [4.78, 5) is 13.9. The molecule has 0 heterocycles. The minimum absolute atomic E-state index is 0.296. The Kier molecular flexibility index (Phi) is 7.65. The van der Waals surface area contributed by atoms with Crippen LogP contribution in [-0.2, 0) is 4.79 Å². The molecule has 0 aromatic carbocycles. The Labute approximate surface area is 108 Å². The van der Waals surface area contributed by atoms with E-state index in [-0.39, 0.29) is 0 Å². The van der Waals surface area contributed by atoms with E-state index in [1.165, 1.54) is 5.57 Å². The van der Waals surface area contributed by atoms with E-state index in [4.69, 9.17) is 5.53 Å². The monoisotopic (exact) mass is 247 g/mol. The van der Waals surface area contributed by atoms with Crippen LogP contribution in [0.3, 0.4) is 0 Å². The average Bonchev–Trinajstić information content (AvgIpc) is 2.37. The molecule has 0 aromatic heterocycles. The van der Waals surface area contributed by atoms with E-state index < -0.39 is 0 Å². The number of hydrogen-bond acceptors (Lipinski definition) is 2. The molecule has 4 heteroatoms. The zero-order valence-corrected chi connectivity index (χ0v) is 10.8. The Balaban J connectivity index is 2.02. The van der Waals surface area contributed by atoms with E-state index in [1.807, 2.05) is 6.08 Å². The van der Waals surface area contributed by atoms with E-state index in [0.717, 1.165) is 51.4 Å². The van der Waals surface area contributed by atoms with Gasteiger partial charge in [0.15, 0.2) is 5.78 Å². The lowest BCUT2D eigenvalue weighted by atomic mass is 9.95. The summed E-state index contributed by atoms with van der Waals surface area (Å²) < 4.78 is 0. The molecule has 0 saturated heterocycles. The smallest absolute Gasteiger partial charge is 0.155 e. The lowest BCUT2D eigenvalue weighted by Crippen LogP contribution is -2.02. The average molecular weight is 247 g/mol. The quantitative estimate of drug-likeness (QED) is 0.205. The number of hydrogen-bond donors (Lipinski definition) is 0. The van der Waals surface area contributed by atoms with Crippen LogP contribution in [0.25, 0.3) is 10.4 Å². The first-order valence-electron chi connectivity index (χ1n) is 6.71. The van der Waals surface area contributed by atoms with Crippen LogP contribution in [0.15, 0.2) is 28.9 Å². The van der Waals surface area contributed by atoms with Crippen molar-refractivity contribution in [2.75, 3.05) is 6.54 Å². The summed E-state index contributed by atoms with van der Waals surface area (Å²) >= 11 is 0. The Morgan fingerprint density at radius 3 is 2.78 bits per heavy atom. The van der Waals surface area contributed by atoms with Crippen molar-refractivity contribution in [3.05, 3.63) is 34.2 Å². The largest absolute Gasteiger partial charge is 0.295 e. The summed E-state index contributed by atoms with van der Waals surface area (Å²) in [6, 6.07) is 0. The van der Waals surface area contributed by atoms with Gasteiger partial charge in [-0.05, 0) is 56.6 Å². The number of nitrogens with zero attached hydrogens (tertiary/aromatic N) is 3. The Bertz CT molecular complexity index is 365. The Morgan fingerprint density at radius 2 is 2.06 bits per heavy atom. The van der Waals surface area contributed by atoms with Gasteiger partial charge in [0, 0.05) is 17.9 Å². The summed E-state index contributed by atoms with van der Waals surface area (Å²) in [7, 11) is 0. The molecule has 0 radical (unpaired) electrons. The number of carbonyl (C=O) groups excluding carboxylic acids is 1. The molecule has 18 heavy (non-hydrogen) atoms. The number of unbranched alkanes of at least 4 members (excludes halogenated alkanes) is 2. The first kappa shape index (κ1) is 14.5. The number of ketones is 1. The van der Waals surface area contributed by atoms with E-state index >= 15 is 0 Å². The van der Waals surface area contributed by atoms with E-state index in [9.17, 15) is 4.79 Å². The van der Waals surface area contributed by atoms with Gasteiger partial charge in [-0.1, -0.05) is 22.8 Å². The van der Waals surface area contributed by atoms with Crippen molar-refractivity contribution in [2.24, 2.45) is 5.11 Å². The van der Waals surface area contributed by atoms with E-state index in [1.54, 1.807) is 0 Å². The molecule has 0 fully saturated rings. The Morgan fingerprint density at radius 1 is 1.28 bits per heavy atom. The fourth-order valence-corrected chi connectivity index (χ4v) is 2.07. The van der Waals surface area contributed by atoms with Crippen LogP contribution < -0.4 is 0 Å².